The van der Waals surface area contributed by atoms with E-state index in [9.17, 15) is 9.59 Å². The van der Waals surface area contributed by atoms with Gasteiger partial charge < -0.3 is 9.64 Å². The summed E-state index contributed by atoms with van der Waals surface area (Å²) in [5, 5.41) is 0. The number of carbonyl (C=O) groups excluding carboxylic acids is 2. The Hall–Kier alpha value is -2.10. The van der Waals surface area contributed by atoms with Gasteiger partial charge in [-0.1, -0.05) is 38.5 Å². The van der Waals surface area contributed by atoms with Gasteiger partial charge in [0.1, 0.15) is 0 Å². The van der Waals surface area contributed by atoms with Gasteiger partial charge in [0.05, 0.1) is 0 Å². The van der Waals surface area contributed by atoms with E-state index in [4.69, 9.17) is 4.74 Å². The topological polar surface area (TPSA) is 46.6 Å². The Balaban J connectivity index is 1.36. The van der Waals surface area contributed by atoms with Gasteiger partial charge in [-0.3, -0.25) is 9.59 Å². The molecular formula is C23H29NO3. The van der Waals surface area contributed by atoms with Crippen LogP contribution in [-0.2, 0) is 19.7 Å². The average Bonchev–Trinajstić information content (AvgIpc) is 3.30. The fraction of sp³-hybridized carbons (Fsp3) is 0.565. The number of anilines is 1. The van der Waals surface area contributed by atoms with Crippen LogP contribution in [0.3, 0.4) is 0 Å². The summed E-state index contributed by atoms with van der Waals surface area (Å²) in [5.41, 5.74) is 3.03. The van der Waals surface area contributed by atoms with Gasteiger partial charge in [-0.2, -0.15) is 0 Å². The number of hydrogen-bond acceptors (Lipinski definition) is 4. The quantitative estimate of drug-likeness (QED) is 0.577. The first kappa shape index (κ1) is 18.3. The number of carbonyl (C=O) groups is 2. The van der Waals surface area contributed by atoms with E-state index >= 15 is 0 Å². The van der Waals surface area contributed by atoms with Crippen molar-refractivity contribution in [2.24, 2.45) is 17.8 Å². The molecule has 1 aromatic rings. The molecule has 2 saturated carbocycles. The van der Waals surface area contributed by atoms with Crippen LogP contribution in [0.2, 0.25) is 0 Å². The number of likely N-dealkylation sites (N-methyl/N-ethyl adjacent to an activating group) is 1. The maximum atomic E-state index is 12.5. The van der Waals surface area contributed by atoms with Crippen molar-refractivity contribution in [2.75, 3.05) is 18.6 Å². The molecule has 144 valence electrons. The molecule has 4 nitrogen and oxygen atoms in total. The van der Waals surface area contributed by atoms with Crippen molar-refractivity contribution < 1.29 is 14.3 Å². The van der Waals surface area contributed by atoms with Crippen molar-refractivity contribution in [3.8, 4) is 0 Å². The van der Waals surface area contributed by atoms with E-state index in [0.29, 0.717) is 18.3 Å². The standard InChI is InChI=1S/C23H29NO3/c1-23(2)19-6-4-5-7-20(19)24(3)21(23)13-18(25)14-27-22(26)12-17-11-15-8-9-16(17)10-15/h4-7,13,15-17H,8-12,14H2,1-3H3/b21-13-/t15-,16+,17-/m0/s1. The molecule has 0 saturated heterocycles. The van der Waals surface area contributed by atoms with E-state index in [-0.39, 0.29) is 23.8 Å². The number of fused-ring (bicyclic) bond motifs is 3. The number of benzene rings is 1. The minimum Gasteiger partial charge on any atom is -0.457 e. The highest BCUT2D eigenvalue weighted by Gasteiger charge is 2.41. The molecule has 0 aromatic heterocycles. The lowest BCUT2D eigenvalue weighted by atomic mass is 9.83. The van der Waals surface area contributed by atoms with Crippen LogP contribution >= 0.6 is 0 Å². The summed E-state index contributed by atoms with van der Waals surface area (Å²) in [6, 6.07) is 8.20. The van der Waals surface area contributed by atoms with Gasteiger partial charge >= 0.3 is 5.97 Å². The monoisotopic (exact) mass is 367 g/mol. The van der Waals surface area contributed by atoms with E-state index < -0.39 is 0 Å². The lowest BCUT2D eigenvalue weighted by Crippen LogP contribution is -2.25. The highest BCUT2D eigenvalue weighted by Crippen LogP contribution is 2.49. The second kappa shape index (κ2) is 6.81. The molecule has 2 bridgehead atoms. The summed E-state index contributed by atoms with van der Waals surface area (Å²) in [4.78, 5) is 26.7. The molecule has 0 N–H and O–H groups in total. The minimum absolute atomic E-state index is 0.154. The third-order valence-electron chi connectivity index (χ3n) is 6.93. The van der Waals surface area contributed by atoms with Crippen molar-refractivity contribution in [1.82, 2.24) is 0 Å². The predicted octanol–water partition coefficient (Wildman–Crippen LogP) is 4.24. The zero-order chi connectivity index (χ0) is 19.2. The van der Waals surface area contributed by atoms with Crippen LogP contribution in [0, 0.1) is 17.8 Å². The number of ketones is 1. The second-order valence-corrected chi connectivity index (χ2v) is 9.00. The second-order valence-electron chi connectivity index (χ2n) is 9.00. The van der Waals surface area contributed by atoms with Crippen molar-refractivity contribution in [3.05, 3.63) is 41.6 Å². The Bertz CT molecular complexity index is 795. The van der Waals surface area contributed by atoms with Gasteiger partial charge in [0.25, 0.3) is 0 Å². The number of esters is 1. The number of para-hydroxylation sites is 1. The third-order valence-corrected chi connectivity index (χ3v) is 6.93. The zero-order valence-electron chi connectivity index (χ0n) is 16.5. The Morgan fingerprint density at radius 2 is 2.00 bits per heavy atom. The van der Waals surface area contributed by atoms with E-state index in [1.165, 1.54) is 24.8 Å². The SMILES string of the molecule is CN1/C(=C\C(=O)COC(=O)C[C@@H]2C[C@H]3CC[C@@H]2C3)C(C)(C)c2ccccc21. The van der Waals surface area contributed by atoms with Gasteiger partial charge in [0.2, 0.25) is 0 Å². The first-order valence-corrected chi connectivity index (χ1v) is 10.1. The molecule has 1 aromatic carbocycles. The van der Waals surface area contributed by atoms with Gasteiger partial charge in [0.15, 0.2) is 12.4 Å². The Morgan fingerprint density at radius 1 is 1.22 bits per heavy atom. The lowest BCUT2D eigenvalue weighted by Gasteiger charge is -2.24. The molecule has 0 spiro atoms. The summed E-state index contributed by atoms with van der Waals surface area (Å²) in [6.07, 6.45) is 7.15. The van der Waals surface area contributed by atoms with Crippen molar-refractivity contribution in [1.29, 1.82) is 0 Å². The first-order valence-electron chi connectivity index (χ1n) is 10.1. The van der Waals surface area contributed by atoms with Crippen LogP contribution in [0.1, 0.15) is 51.5 Å². The fourth-order valence-electron chi connectivity index (χ4n) is 5.50. The summed E-state index contributed by atoms with van der Waals surface area (Å²) >= 11 is 0. The molecule has 4 heteroatoms. The molecule has 1 aliphatic heterocycles. The lowest BCUT2D eigenvalue weighted by molar-refractivity contribution is -0.148. The van der Waals surface area contributed by atoms with Gasteiger partial charge in [-0.05, 0) is 48.6 Å². The molecule has 1 heterocycles. The zero-order valence-corrected chi connectivity index (χ0v) is 16.5. The van der Waals surface area contributed by atoms with E-state index in [1.807, 2.05) is 19.2 Å². The number of rotatable bonds is 5. The number of nitrogens with zero attached hydrogens (tertiary/aromatic N) is 1. The number of ether oxygens (including phenoxy) is 1. The largest absolute Gasteiger partial charge is 0.457 e. The fourth-order valence-corrected chi connectivity index (χ4v) is 5.50. The molecule has 0 unspecified atom stereocenters. The van der Waals surface area contributed by atoms with Crippen molar-refractivity contribution in [3.63, 3.8) is 0 Å². The number of allylic oxidation sites excluding steroid dienone is 1. The normalized spacial score (nSPS) is 29.2. The van der Waals surface area contributed by atoms with E-state index in [2.05, 4.69) is 30.9 Å². The van der Waals surface area contributed by atoms with Crippen LogP contribution in [0.5, 0.6) is 0 Å². The predicted molar refractivity (Wildman–Crippen MR) is 105 cm³/mol. The Labute approximate surface area is 161 Å². The molecule has 2 fully saturated rings. The summed E-state index contributed by atoms with van der Waals surface area (Å²) < 4.78 is 5.31. The molecule has 2 aliphatic carbocycles. The smallest absolute Gasteiger partial charge is 0.306 e. The molecule has 27 heavy (non-hydrogen) atoms. The Kier molecular flexibility index (Phi) is 4.61. The van der Waals surface area contributed by atoms with Crippen LogP contribution in [0.4, 0.5) is 5.69 Å². The summed E-state index contributed by atoms with van der Waals surface area (Å²) in [6.45, 7) is 4.08. The maximum Gasteiger partial charge on any atom is 0.306 e. The number of hydrogen-bond donors (Lipinski definition) is 0. The summed E-state index contributed by atoms with van der Waals surface area (Å²) in [5.74, 6) is 1.62. The average molecular weight is 367 g/mol. The Morgan fingerprint density at radius 3 is 2.67 bits per heavy atom. The van der Waals surface area contributed by atoms with Gasteiger partial charge in [-0.25, -0.2) is 0 Å². The maximum absolute atomic E-state index is 12.5. The first-order chi connectivity index (χ1) is 12.9. The molecule has 0 radical (unpaired) electrons. The van der Waals surface area contributed by atoms with E-state index in [0.717, 1.165) is 23.7 Å². The van der Waals surface area contributed by atoms with Crippen molar-refractivity contribution in [2.45, 2.75) is 51.4 Å². The molecule has 0 amide bonds. The van der Waals surface area contributed by atoms with E-state index in [1.54, 1.807) is 6.08 Å². The molecule has 3 atom stereocenters. The third kappa shape index (κ3) is 3.30. The van der Waals surface area contributed by atoms with Crippen molar-refractivity contribution >= 4 is 17.4 Å². The van der Waals surface area contributed by atoms with Crippen LogP contribution in [0.25, 0.3) is 0 Å². The summed E-state index contributed by atoms with van der Waals surface area (Å²) in [7, 11) is 1.98. The van der Waals surface area contributed by atoms with Crippen LogP contribution < -0.4 is 4.90 Å². The minimum atomic E-state index is -0.242. The van der Waals surface area contributed by atoms with Crippen LogP contribution in [-0.4, -0.2) is 25.4 Å². The highest BCUT2D eigenvalue weighted by atomic mass is 16.5. The molecule has 4 rings (SSSR count). The molecular weight excluding hydrogens is 338 g/mol. The van der Waals surface area contributed by atoms with Gasteiger partial charge in [0, 0.05) is 36.3 Å². The van der Waals surface area contributed by atoms with Crippen LogP contribution in [0.15, 0.2) is 36.0 Å². The molecule has 3 aliphatic rings. The van der Waals surface area contributed by atoms with Gasteiger partial charge in [-0.15, -0.1) is 0 Å². The highest BCUT2D eigenvalue weighted by molar-refractivity contribution is 5.94.